The Labute approximate surface area is 111 Å². The number of nitrogens with zero attached hydrogens (tertiary/aromatic N) is 1. The normalized spacial score (nSPS) is 17.8. The van der Waals surface area contributed by atoms with Gasteiger partial charge in [0.2, 0.25) is 0 Å². The molecule has 1 heterocycles. The molecule has 0 amide bonds. The van der Waals surface area contributed by atoms with Crippen LogP contribution < -0.4 is 5.73 Å². The lowest BCUT2D eigenvalue weighted by molar-refractivity contribution is 0.721. The Morgan fingerprint density at radius 2 is 2.00 bits per heavy atom. The van der Waals surface area contributed by atoms with Crippen LogP contribution in [0.4, 0.5) is 0 Å². The molecule has 3 nitrogen and oxygen atoms in total. The summed E-state index contributed by atoms with van der Waals surface area (Å²) in [5, 5.41) is 8.32. The lowest BCUT2D eigenvalue weighted by Crippen LogP contribution is -2.18. The highest BCUT2D eigenvalue weighted by Gasteiger charge is 2.18. The zero-order chi connectivity index (χ0) is 12.8. The second kappa shape index (κ2) is 3.93. The van der Waals surface area contributed by atoms with Crippen molar-refractivity contribution in [1.29, 1.82) is 0 Å². The summed E-state index contributed by atoms with van der Waals surface area (Å²) in [6, 6.07) is 13.2. The number of nitrogens with two attached hydrogens (primary N) is 1. The van der Waals surface area contributed by atoms with Crippen LogP contribution in [0.5, 0.6) is 0 Å². The second-order valence-corrected chi connectivity index (χ2v) is 5.29. The van der Waals surface area contributed by atoms with Crippen LogP contribution in [0.2, 0.25) is 0 Å². The van der Waals surface area contributed by atoms with Gasteiger partial charge < -0.3 is 5.73 Å². The van der Waals surface area contributed by atoms with E-state index in [-0.39, 0.29) is 6.04 Å². The standard InChI is InChI=1S/C16H15N3/c17-13-7-10-4-5-11(6-12(10)8-13)14-2-1-3-16-15(14)9-18-19-16/h1-6,9,13H,7-8,17H2,(H,18,19). The van der Waals surface area contributed by atoms with Crippen molar-refractivity contribution in [3.8, 4) is 11.1 Å². The predicted molar refractivity (Wildman–Crippen MR) is 76.9 cm³/mol. The second-order valence-electron chi connectivity index (χ2n) is 5.29. The van der Waals surface area contributed by atoms with Gasteiger partial charge in [0.15, 0.2) is 0 Å². The van der Waals surface area contributed by atoms with Crippen molar-refractivity contribution in [2.24, 2.45) is 5.73 Å². The van der Waals surface area contributed by atoms with Crippen LogP contribution in [0.1, 0.15) is 11.1 Å². The van der Waals surface area contributed by atoms with Crippen molar-refractivity contribution >= 4 is 10.9 Å². The summed E-state index contributed by atoms with van der Waals surface area (Å²) in [5.74, 6) is 0. The van der Waals surface area contributed by atoms with Gasteiger partial charge in [0, 0.05) is 11.4 Å². The highest BCUT2D eigenvalue weighted by Crippen LogP contribution is 2.31. The zero-order valence-electron chi connectivity index (χ0n) is 10.6. The van der Waals surface area contributed by atoms with Crippen molar-refractivity contribution in [1.82, 2.24) is 10.2 Å². The molecule has 3 aromatic rings. The van der Waals surface area contributed by atoms with Crippen molar-refractivity contribution in [2.45, 2.75) is 18.9 Å². The Kier molecular flexibility index (Phi) is 2.23. The summed E-state index contributed by atoms with van der Waals surface area (Å²) in [4.78, 5) is 0. The molecule has 1 aliphatic rings. The summed E-state index contributed by atoms with van der Waals surface area (Å²) in [5.41, 5.74) is 12.4. The quantitative estimate of drug-likeness (QED) is 0.696. The highest BCUT2D eigenvalue weighted by atomic mass is 15.1. The number of aromatic amines is 1. The van der Waals surface area contributed by atoms with Crippen LogP contribution >= 0.6 is 0 Å². The number of benzene rings is 2. The fourth-order valence-corrected chi connectivity index (χ4v) is 3.04. The molecule has 0 fully saturated rings. The molecule has 2 aromatic carbocycles. The molecule has 0 saturated heterocycles. The zero-order valence-corrected chi connectivity index (χ0v) is 10.6. The van der Waals surface area contributed by atoms with Crippen LogP contribution in [0.25, 0.3) is 22.0 Å². The molecule has 0 radical (unpaired) electrons. The molecular weight excluding hydrogens is 234 g/mol. The van der Waals surface area contributed by atoms with E-state index in [1.165, 1.54) is 27.6 Å². The van der Waals surface area contributed by atoms with Gasteiger partial charge in [-0.3, -0.25) is 5.10 Å². The number of H-pyrrole nitrogens is 1. The van der Waals surface area contributed by atoms with Gasteiger partial charge in [-0.1, -0.05) is 30.3 Å². The van der Waals surface area contributed by atoms with Crippen molar-refractivity contribution in [2.75, 3.05) is 0 Å². The van der Waals surface area contributed by atoms with Crippen LogP contribution in [0.15, 0.2) is 42.6 Å². The molecule has 0 saturated carbocycles. The van der Waals surface area contributed by atoms with E-state index in [4.69, 9.17) is 5.73 Å². The van der Waals surface area contributed by atoms with E-state index < -0.39 is 0 Å². The van der Waals surface area contributed by atoms with E-state index in [1.54, 1.807) is 0 Å². The molecule has 1 unspecified atom stereocenters. The maximum Gasteiger partial charge on any atom is 0.0656 e. The molecule has 0 bridgehead atoms. The van der Waals surface area contributed by atoms with E-state index in [1.807, 2.05) is 6.20 Å². The number of aromatic nitrogens is 2. The van der Waals surface area contributed by atoms with Gasteiger partial charge in [0.05, 0.1) is 11.7 Å². The number of hydrogen-bond acceptors (Lipinski definition) is 2. The summed E-state index contributed by atoms with van der Waals surface area (Å²) in [6.07, 6.45) is 3.89. The van der Waals surface area contributed by atoms with E-state index in [0.29, 0.717) is 0 Å². The first kappa shape index (κ1) is 10.8. The first-order valence-corrected chi connectivity index (χ1v) is 6.61. The average Bonchev–Trinajstić information content (AvgIpc) is 3.01. The van der Waals surface area contributed by atoms with Gasteiger partial charge in [-0.15, -0.1) is 0 Å². The summed E-state index contributed by atoms with van der Waals surface area (Å²) in [6.45, 7) is 0. The molecule has 1 atom stereocenters. The molecule has 4 rings (SSSR count). The SMILES string of the molecule is NC1Cc2ccc(-c3cccc4[nH]ncc34)cc2C1. The molecule has 19 heavy (non-hydrogen) atoms. The first-order chi connectivity index (χ1) is 9.31. The fraction of sp³-hybridized carbons (Fsp3) is 0.188. The number of nitrogens with one attached hydrogen (secondary N) is 1. The Balaban J connectivity index is 1.89. The van der Waals surface area contributed by atoms with Crippen LogP contribution in [-0.2, 0) is 12.8 Å². The Bertz CT molecular complexity index is 758. The van der Waals surface area contributed by atoms with Crippen LogP contribution in [0, 0.1) is 0 Å². The van der Waals surface area contributed by atoms with Crippen LogP contribution in [-0.4, -0.2) is 16.2 Å². The molecule has 1 aliphatic carbocycles. The monoisotopic (exact) mass is 249 g/mol. The summed E-state index contributed by atoms with van der Waals surface area (Å²) in [7, 11) is 0. The van der Waals surface area contributed by atoms with Gasteiger partial charge in [0.25, 0.3) is 0 Å². The molecule has 94 valence electrons. The molecule has 3 heteroatoms. The van der Waals surface area contributed by atoms with Gasteiger partial charge in [-0.25, -0.2) is 0 Å². The van der Waals surface area contributed by atoms with E-state index >= 15 is 0 Å². The molecular formula is C16H15N3. The van der Waals surface area contributed by atoms with Crippen molar-refractivity contribution < 1.29 is 0 Å². The lowest BCUT2D eigenvalue weighted by atomic mass is 9.98. The lowest BCUT2D eigenvalue weighted by Gasteiger charge is -2.06. The highest BCUT2D eigenvalue weighted by molar-refractivity contribution is 5.94. The minimum absolute atomic E-state index is 0.287. The molecule has 3 N–H and O–H groups in total. The fourth-order valence-electron chi connectivity index (χ4n) is 3.04. The van der Waals surface area contributed by atoms with Gasteiger partial charge in [0.1, 0.15) is 0 Å². The molecule has 0 spiro atoms. The summed E-state index contributed by atoms with van der Waals surface area (Å²) >= 11 is 0. The maximum atomic E-state index is 6.03. The minimum atomic E-state index is 0.287. The predicted octanol–water partition coefficient (Wildman–Crippen LogP) is 2.66. The van der Waals surface area contributed by atoms with Crippen LogP contribution in [0.3, 0.4) is 0 Å². The number of fused-ring (bicyclic) bond motifs is 2. The Morgan fingerprint density at radius 1 is 1.11 bits per heavy atom. The smallest absolute Gasteiger partial charge is 0.0656 e. The van der Waals surface area contributed by atoms with E-state index in [0.717, 1.165) is 18.4 Å². The first-order valence-electron chi connectivity index (χ1n) is 6.61. The van der Waals surface area contributed by atoms with Gasteiger partial charge >= 0.3 is 0 Å². The summed E-state index contributed by atoms with van der Waals surface area (Å²) < 4.78 is 0. The number of rotatable bonds is 1. The largest absolute Gasteiger partial charge is 0.327 e. The number of hydrogen-bond donors (Lipinski definition) is 2. The van der Waals surface area contributed by atoms with E-state index in [9.17, 15) is 0 Å². The topological polar surface area (TPSA) is 54.7 Å². The molecule has 0 aliphatic heterocycles. The minimum Gasteiger partial charge on any atom is -0.327 e. The molecule has 1 aromatic heterocycles. The third kappa shape index (κ3) is 1.66. The van der Waals surface area contributed by atoms with Crippen molar-refractivity contribution in [3.05, 3.63) is 53.7 Å². The Hall–Kier alpha value is -2.13. The Morgan fingerprint density at radius 3 is 2.95 bits per heavy atom. The average molecular weight is 249 g/mol. The van der Waals surface area contributed by atoms with Gasteiger partial charge in [-0.05, 0) is 41.2 Å². The third-order valence-electron chi connectivity index (χ3n) is 3.97. The third-order valence-corrected chi connectivity index (χ3v) is 3.97. The maximum absolute atomic E-state index is 6.03. The van der Waals surface area contributed by atoms with Crippen molar-refractivity contribution in [3.63, 3.8) is 0 Å². The van der Waals surface area contributed by atoms with E-state index in [2.05, 4.69) is 46.6 Å². The van der Waals surface area contributed by atoms with Gasteiger partial charge in [-0.2, -0.15) is 5.10 Å².